The molecule has 10 aromatic rings. The highest BCUT2D eigenvalue weighted by atomic mass is 16.3. The standard InChI is InChI=1S/C43H24N4O/c1-2-11-25(12-3-1)41-44-42(46-43(45-41)47-35-19-8-6-15-29(35)30-16-7-9-20-36(30)47)26-21-22-37-34(23-26)40-32-18-10-17-31-27-13-4-5-14-28(27)33(39(31)32)24-38(40)48-37/h1-24H. The van der Waals surface area contributed by atoms with Crippen LogP contribution in [-0.2, 0) is 0 Å². The average Bonchev–Trinajstić information content (AvgIpc) is 3.80. The molecule has 5 nitrogen and oxygen atoms in total. The van der Waals surface area contributed by atoms with Crippen LogP contribution in [0.15, 0.2) is 150 Å². The molecule has 1 aliphatic carbocycles. The molecule has 0 atom stereocenters. The van der Waals surface area contributed by atoms with E-state index in [0.717, 1.165) is 54.9 Å². The summed E-state index contributed by atoms with van der Waals surface area (Å²) in [5.74, 6) is 1.81. The maximum atomic E-state index is 6.55. The summed E-state index contributed by atoms with van der Waals surface area (Å²) >= 11 is 0. The maximum absolute atomic E-state index is 6.55. The lowest BCUT2D eigenvalue weighted by Crippen LogP contribution is -2.06. The van der Waals surface area contributed by atoms with Crippen LogP contribution < -0.4 is 0 Å². The quantitative estimate of drug-likeness (QED) is 0.199. The third kappa shape index (κ3) is 3.47. The van der Waals surface area contributed by atoms with Crippen LogP contribution in [0, 0.1) is 0 Å². The van der Waals surface area contributed by atoms with Crippen LogP contribution in [-0.4, -0.2) is 19.5 Å². The number of hydrogen-bond donors (Lipinski definition) is 0. The normalized spacial score (nSPS) is 12.2. The first-order valence-electron chi connectivity index (χ1n) is 16.1. The Morgan fingerprint density at radius 3 is 1.79 bits per heavy atom. The molecule has 0 unspecified atom stereocenters. The van der Waals surface area contributed by atoms with Crippen LogP contribution in [0.5, 0.6) is 0 Å². The van der Waals surface area contributed by atoms with Crippen LogP contribution in [0.4, 0.5) is 0 Å². The van der Waals surface area contributed by atoms with Gasteiger partial charge in [0.25, 0.3) is 0 Å². The number of fused-ring (bicyclic) bond motifs is 10. The number of rotatable bonds is 3. The van der Waals surface area contributed by atoms with Crippen molar-refractivity contribution in [2.75, 3.05) is 0 Å². The molecule has 0 N–H and O–H groups in total. The highest BCUT2D eigenvalue weighted by Crippen LogP contribution is 2.50. The summed E-state index contributed by atoms with van der Waals surface area (Å²) in [4.78, 5) is 15.3. The minimum absolute atomic E-state index is 0.580. The highest BCUT2D eigenvalue weighted by Gasteiger charge is 2.25. The first kappa shape index (κ1) is 25.6. The number of nitrogens with zero attached hydrogens (tertiary/aromatic N) is 4. The van der Waals surface area contributed by atoms with Crippen molar-refractivity contribution < 1.29 is 4.42 Å². The molecule has 48 heavy (non-hydrogen) atoms. The molecular weight excluding hydrogens is 589 g/mol. The molecule has 3 heterocycles. The first-order valence-corrected chi connectivity index (χ1v) is 16.1. The fourth-order valence-electron chi connectivity index (χ4n) is 7.73. The highest BCUT2D eigenvalue weighted by molar-refractivity contribution is 6.28. The van der Waals surface area contributed by atoms with E-state index in [-0.39, 0.29) is 0 Å². The molecule has 0 bridgehead atoms. The van der Waals surface area contributed by atoms with Gasteiger partial charge in [0.1, 0.15) is 11.2 Å². The molecule has 5 heteroatoms. The monoisotopic (exact) mass is 612 g/mol. The van der Waals surface area contributed by atoms with Crippen LogP contribution in [0.2, 0.25) is 0 Å². The van der Waals surface area contributed by atoms with Gasteiger partial charge in [-0.05, 0) is 69.4 Å². The van der Waals surface area contributed by atoms with E-state index in [1.165, 1.54) is 33.0 Å². The molecule has 0 amide bonds. The average molecular weight is 613 g/mol. The minimum atomic E-state index is 0.580. The van der Waals surface area contributed by atoms with Gasteiger partial charge in [-0.15, -0.1) is 0 Å². The Labute approximate surface area is 274 Å². The van der Waals surface area contributed by atoms with Crippen molar-refractivity contribution in [3.63, 3.8) is 0 Å². The summed E-state index contributed by atoms with van der Waals surface area (Å²) in [5.41, 5.74) is 10.7. The van der Waals surface area contributed by atoms with Crippen molar-refractivity contribution in [1.82, 2.24) is 19.5 Å². The maximum Gasteiger partial charge on any atom is 0.238 e. The van der Waals surface area contributed by atoms with Gasteiger partial charge in [0.15, 0.2) is 11.6 Å². The predicted molar refractivity (Wildman–Crippen MR) is 194 cm³/mol. The number of para-hydroxylation sites is 2. The minimum Gasteiger partial charge on any atom is -0.456 e. The molecule has 1 aliphatic rings. The Hall–Kier alpha value is -6.59. The Balaban J connectivity index is 1.18. The third-order valence-electron chi connectivity index (χ3n) is 9.80. The van der Waals surface area contributed by atoms with Gasteiger partial charge in [0.2, 0.25) is 5.95 Å². The van der Waals surface area contributed by atoms with E-state index in [9.17, 15) is 0 Å². The van der Waals surface area contributed by atoms with Gasteiger partial charge in [-0.3, -0.25) is 4.57 Å². The number of hydrogen-bond acceptors (Lipinski definition) is 4. The second-order valence-corrected chi connectivity index (χ2v) is 12.4. The SMILES string of the molecule is c1ccc(-c2nc(-c3ccc4oc5cc6c7c(cccc7c5c4c3)-c3ccccc3-6)nc(-n3c4ccccc4c4ccccc43)n2)cc1. The summed E-state index contributed by atoms with van der Waals surface area (Å²) in [6.45, 7) is 0. The molecule has 0 fully saturated rings. The lowest BCUT2D eigenvalue weighted by Gasteiger charge is -2.11. The van der Waals surface area contributed by atoms with Gasteiger partial charge in [0, 0.05) is 32.7 Å². The van der Waals surface area contributed by atoms with Crippen molar-refractivity contribution >= 4 is 54.5 Å². The molecule has 3 aromatic heterocycles. The van der Waals surface area contributed by atoms with Gasteiger partial charge in [0.05, 0.1) is 11.0 Å². The fourth-order valence-corrected chi connectivity index (χ4v) is 7.73. The van der Waals surface area contributed by atoms with Gasteiger partial charge in [-0.2, -0.15) is 9.97 Å². The van der Waals surface area contributed by atoms with Crippen molar-refractivity contribution in [2.24, 2.45) is 0 Å². The summed E-state index contributed by atoms with van der Waals surface area (Å²) in [5, 5.41) is 6.95. The number of aromatic nitrogens is 4. The van der Waals surface area contributed by atoms with Gasteiger partial charge in [-0.1, -0.05) is 109 Å². The molecule has 0 saturated heterocycles. The largest absolute Gasteiger partial charge is 0.456 e. The summed E-state index contributed by atoms with van der Waals surface area (Å²) < 4.78 is 8.70. The molecular formula is C43H24N4O. The third-order valence-corrected chi connectivity index (χ3v) is 9.80. The van der Waals surface area contributed by atoms with Crippen molar-refractivity contribution in [3.05, 3.63) is 146 Å². The lowest BCUT2D eigenvalue weighted by molar-refractivity contribution is 0.669. The van der Waals surface area contributed by atoms with Crippen LogP contribution in [0.25, 0.3) is 105 Å². The lowest BCUT2D eigenvalue weighted by atomic mass is 9.98. The van der Waals surface area contributed by atoms with Gasteiger partial charge in [-0.25, -0.2) is 4.98 Å². The zero-order valence-corrected chi connectivity index (χ0v) is 25.6. The zero-order valence-electron chi connectivity index (χ0n) is 25.6. The molecule has 0 radical (unpaired) electrons. The summed E-state index contributed by atoms with van der Waals surface area (Å²) in [6, 6.07) is 50.7. The second-order valence-electron chi connectivity index (χ2n) is 12.4. The Morgan fingerprint density at radius 1 is 0.396 bits per heavy atom. The van der Waals surface area contributed by atoms with Crippen molar-refractivity contribution in [1.29, 1.82) is 0 Å². The van der Waals surface area contributed by atoms with E-state index in [2.05, 4.69) is 114 Å². The molecule has 0 aliphatic heterocycles. The van der Waals surface area contributed by atoms with Gasteiger partial charge < -0.3 is 4.42 Å². The van der Waals surface area contributed by atoms with Crippen LogP contribution >= 0.6 is 0 Å². The summed E-state index contributed by atoms with van der Waals surface area (Å²) in [6.07, 6.45) is 0. The van der Waals surface area contributed by atoms with Crippen LogP contribution in [0.3, 0.4) is 0 Å². The van der Waals surface area contributed by atoms with E-state index >= 15 is 0 Å². The zero-order chi connectivity index (χ0) is 31.3. The van der Waals surface area contributed by atoms with E-state index in [0.29, 0.717) is 17.6 Å². The predicted octanol–water partition coefficient (Wildman–Crippen LogP) is 11.0. The molecule has 222 valence electrons. The smallest absolute Gasteiger partial charge is 0.238 e. The molecule has 0 spiro atoms. The van der Waals surface area contributed by atoms with E-state index in [1.807, 2.05) is 36.4 Å². The molecule has 7 aromatic carbocycles. The van der Waals surface area contributed by atoms with E-state index < -0.39 is 0 Å². The van der Waals surface area contributed by atoms with Gasteiger partial charge >= 0.3 is 0 Å². The van der Waals surface area contributed by atoms with Crippen molar-refractivity contribution in [2.45, 2.75) is 0 Å². The summed E-state index contributed by atoms with van der Waals surface area (Å²) in [7, 11) is 0. The van der Waals surface area contributed by atoms with Crippen molar-refractivity contribution in [3.8, 4) is 51.0 Å². The number of benzene rings is 7. The molecule has 0 saturated carbocycles. The van der Waals surface area contributed by atoms with E-state index in [4.69, 9.17) is 19.4 Å². The Kier molecular flexibility index (Phi) is 5.05. The second kappa shape index (κ2) is 9.47. The van der Waals surface area contributed by atoms with E-state index in [1.54, 1.807) is 0 Å². The van der Waals surface area contributed by atoms with Crippen LogP contribution in [0.1, 0.15) is 0 Å². The number of furan rings is 1. The fraction of sp³-hybridized carbons (Fsp3) is 0. The Morgan fingerprint density at radius 2 is 1.02 bits per heavy atom. The topological polar surface area (TPSA) is 56.7 Å². The Bertz CT molecular complexity index is 2900. The first-order chi connectivity index (χ1) is 23.8. The molecule has 11 rings (SSSR count).